The van der Waals surface area contributed by atoms with Gasteiger partial charge in [-0.2, -0.15) is 10.1 Å². The molecule has 10 heteroatoms. The van der Waals surface area contributed by atoms with E-state index in [1.807, 2.05) is 0 Å². The zero-order valence-electron chi connectivity index (χ0n) is 10.3. The van der Waals surface area contributed by atoms with Crippen LogP contribution in [0.25, 0.3) is 0 Å². The Kier molecular flexibility index (Phi) is 3.29. The first-order chi connectivity index (χ1) is 9.40. The van der Waals surface area contributed by atoms with E-state index in [9.17, 15) is 19.7 Å². The van der Waals surface area contributed by atoms with Gasteiger partial charge in [0.2, 0.25) is 0 Å². The van der Waals surface area contributed by atoms with Crippen molar-refractivity contribution in [3.05, 3.63) is 50.4 Å². The largest absolute Gasteiger partial charge is 0.478 e. The molecule has 10 nitrogen and oxygen atoms in total. The van der Waals surface area contributed by atoms with Crippen LogP contribution in [0.1, 0.15) is 16.1 Å². The van der Waals surface area contributed by atoms with E-state index in [2.05, 4.69) is 10.1 Å². The SMILES string of the molecule is Cn1ncc(C(=O)O)c1Cn1cc([N+](=O)[O-])cnc1=O. The summed E-state index contributed by atoms with van der Waals surface area (Å²) >= 11 is 0. The van der Waals surface area contributed by atoms with Gasteiger partial charge in [-0.15, -0.1) is 0 Å². The lowest BCUT2D eigenvalue weighted by atomic mass is 10.2. The van der Waals surface area contributed by atoms with Gasteiger partial charge in [0.1, 0.15) is 11.8 Å². The first-order valence-electron chi connectivity index (χ1n) is 5.35. The molecular weight excluding hydrogens is 270 g/mol. The molecule has 2 heterocycles. The molecule has 1 N–H and O–H groups in total. The van der Waals surface area contributed by atoms with Crippen molar-refractivity contribution < 1.29 is 14.8 Å². The van der Waals surface area contributed by atoms with Crippen LogP contribution in [0.5, 0.6) is 0 Å². The fourth-order valence-corrected chi connectivity index (χ4v) is 1.64. The third-order valence-corrected chi connectivity index (χ3v) is 2.66. The number of carbonyl (C=O) groups is 1. The molecular formula is C10H9N5O5. The molecule has 0 atom stereocenters. The van der Waals surface area contributed by atoms with E-state index < -0.39 is 16.6 Å². The molecule has 20 heavy (non-hydrogen) atoms. The summed E-state index contributed by atoms with van der Waals surface area (Å²) < 4.78 is 2.25. The minimum Gasteiger partial charge on any atom is -0.478 e. The van der Waals surface area contributed by atoms with Crippen molar-refractivity contribution in [3.63, 3.8) is 0 Å². The van der Waals surface area contributed by atoms with E-state index in [4.69, 9.17) is 5.11 Å². The Morgan fingerprint density at radius 3 is 2.80 bits per heavy atom. The lowest BCUT2D eigenvalue weighted by molar-refractivity contribution is -0.385. The molecule has 2 aromatic rings. The van der Waals surface area contributed by atoms with Crippen molar-refractivity contribution in [1.82, 2.24) is 19.3 Å². The standard InChI is InChI=1S/C10H9N5O5/c1-13-8(7(3-12-13)9(16)17)5-14-4-6(15(19)20)2-11-10(14)18/h2-4H,5H2,1H3,(H,16,17). The van der Waals surface area contributed by atoms with Crippen LogP contribution in [0.4, 0.5) is 5.69 Å². The molecule has 0 saturated heterocycles. The summed E-state index contributed by atoms with van der Waals surface area (Å²) in [7, 11) is 1.51. The van der Waals surface area contributed by atoms with Crippen molar-refractivity contribution in [2.75, 3.05) is 0 Å². The van der Waals surface area contributed by atoms with Gasteiger partial charge in [-0.1, -0.05) is 0 Å². The van der Waals surface area contributed by atoms with E-state index in [0.717, 1.165) is 23.2 Å². The third kappa shape index (κ3) is 2.39. The highest BCUT2D eigenvalue weighted by Crippen LogP contribution is 2.11. The topological polar surface area (TPSA) is 133 Å². The maximum absolute atomic E-state index is 11.6. The zero-order valence-corrected chi connectivity index (χ0v) is 10.3. The molecule has 0 fully saturated rings. The molecule has 0 saturated carbocycles. The molecule has 0 aliphatic heterocycles. The van der Waals surface area contributed by atoms with E-state index in [0.29, 0.717) is 0 Å². The predicted molar refractivity (Wildman–Crippen MR) is 64.4 cm³/mol. The lowest BCUT2D eigenvalue weighted by Crippen LogP contribution is -2.24. The smallest absolute Gasteiger partial charge is 0.348 e. The van der Waals surface area contributed by atoms with Crippen LogP contribution in [0.2, 0.25) is 0 Å². The Bertz CT molecular complexity index is 747. The second-order valence-electron chi connectivity index (χ2n) is 3.91. The summed E-state index contributed by atoms with van der Waals surface area (Å²) in [6.07, 6.45) is 3.00. The van der Waals surface area contributed by atoms with Crippen LogP contribution in [-0.4, -0.2) is 35.3 Å². The number of nitrogens with zero attached hydrogens (tertiary/aromatic N) is 5. The second kappa shape index (κ2) is 4.91. The molecule has 0 unspecified atom stereocenters. The Morgan fingerprint density at radius 1 is 1.50 bits per heavy atom. The number of nitro groups is 1. The molecule has 0 radical (unpaired) electrons. The average molecular weight is 279 g/mol. The number of aromatic carboxylic acids is 1. The molecule has 2 rings (SSSR count). The van der Waals surface area contributed by atoms with Gasteiger partial charge in [0.25, 0.3) is 0 Å². The van der Waals surface area contributed by atoms with Crippen molar-refractivity contribution in [2.24, 2.45) is 7.05 Å². The Hall–Kier alpha value is -3.04. The fraction of sp³-hybridized carbons (Fsp3) is 0.200. The van der Waals surface area contributed by atoms with Crippen LogP contribution in [-0.2, 0) is 13.6 Å². The molecule has 0 amide bonds. The first kappa shape index (κ1) is 13.4. The van der Waals surface area contributed by atoms with Gasteiger partial charge in [0, 0.05) is 7.05 Å². The van der Waals surface area contributed by atoms with E-state index in [-0.39, 0.29) is 23.5 Å². The summed E-state index contributed by atoms with van der Waals surface area (Å²) in [5.41, 5.74) is -0.912. The number of carboxylic acids is 1. The van der Waals surface area contributed by atoms with Gasteiger partial charge in [0.15, 0.2) is 0 Å². The normalized spacial score (nSPS) is 10.4. The summed E-state index contributed by atoms with van der Waals surface area (Å²) in [4.78, 5) is 35.9. The van der Waals surface area contributed by atoms with Gasteiger partial charge in [-0.25, -0.2) is 9.59 Å². The van der Waals surface area contributed by atoms with Crippen molar-refractivity contribution in [3.8, 4) is 0 Å². The van der Waals surface area contributed by atoms with E-state index in [1.54, 1.807) is 0 Å². The zero-order chi connectivity index (χ0) is 14.9. The highest BCUT2D eigenvalue weighted by molar-refractivity contribution is 5.88. The summed E-state index contributed by atoms with van der Waals surface area (Å²) in [6.45, 7) is -0.175. The van der Waals surface area contributed by atoms with Crippen molar-refractivity contribution in [2.45, 2.75) is 6.54 Å². The summed E-state index contributed by atoms with van der Waals surface area (Å²) in [6, 6.07) is 0. The molecule has 104 valence electrons. The van der Waals surface area contributed by atoms with Crippen LogP contribution in [0.3, 0.4) is 0 Å². The maximum atomic E-state index is 11.6. The molecule has 2 aromatic heterocycles. The molecule has 0 bridgehead atoms. The number of carboxylic acid groups (broad SMARTS) is 1. The minimum absolute atomic E-state index is 0.0779. The van der Waals surface area contributed by atoms with E-state index >= 15 is 0 Å². The number of hydrogen-bond donors (Lipinski definition) is 1. The Morgan fingerprint density at radius 2 is 2.20 bits per heavy atom. The van der Waals surface area contributed by atoms with Gasteiger partial charge in [0.05, 0.1) is 29.6 Å². The minimum atomic E-state index is -1.19. The number of hydrogen-bond acceptors (Lipinski definition) is 6. The number of rotatable bonds is 4. The van der Waals surface area contributed by atoms with Gasteiger partial charge in [-0.05, 0) is 0 Å². The van der Waals surface area contributed by atoms with Crippen LogP contribution in [0.15, 0.2) is 23.4 Å². The van der Waals surface area contributed by atoms with Gasteiger partial charge in [-0.3, -0.25) is 19.4 Å². The van der Waals surface area contributed by atoms with Crippen LogP contribution < -0.4 is 5.69 Å². The Balaban J connectivity index is 2.47. The molecule has 0 aliphatic rings. The van der Waals surface area contributed by atoms with Crippen LogP contribution >= 0.6 is 0 Å². The Labute approximate surface area is 111 Å². The molecule has 0 spiro atoms. The molecule has 0 aromatic carbocycles. The number of aryl methyl sites for hydroxylation is 1. The lowest BCUT2D eigenvalue weighted by Gasteiger charge is -2.06. The fourth-order valence-electron chi connectivity index (χ4n) is 1.64. The second-order valence-corrected chi connectivity index (χ2v) is 3.91. The molecule has 0 aliphatic carbocycles. The number of aromatic nitrogens is 4. The first-order valence-corrected chi connectivity index (χ1v) is 5.35. The highest BCUT2D eigenvalue weighted by atomic mass is 16.6. The maximum Gasteiger partial charge on any atom is 0.348 e. The van der Waals surface area contributed by atoms with Gasteiger partial charge >= 0.3 is 17.3 Å². The quantitative estimate of drug-likeness (QED) is 0.596. The summed E-state index contributed by atoms with van der Waals surface area (Å²) in [5, 5.41) is 23.4. The van der Waals surface area contributed by atoms with Crippen molar-refractivity contribution >= 4 is 11.7 Å². The third-order valence-electron chi connectivity index (χ3n) is 2.66. The van der Waals surface area contributed by atoms with Gasteiger partial charge < -0.3 is 5.11 Å². The van der Waals surface area contributed by atoms with Crippen LogP contribution in [0, 0.1) is 10.1 Å². The monoisotopic (exact) mass is 279 g/mol. The highest BCUT2D eigenvalue weighted by Gasteiger charge is 2.17. The summed E-state index contributed by atoms with van der Waals surface area (Å²) in [5.74, 6) is -1.19. The van der Waals surface area contributed by atoms with E-state index in [1.165, 1.54) is 11.7 Å². The van der Waals surface area contributed by atoms with Crippen molar-refractivity contribution in [1.29, 1.82) is 0 Å². The average Bonchev–Trinajstić information content (AvgIpc) is 2.73. The predicted octanol–water partition coefficient (Wildman–Crippen LogP) is -0.369.